The van der Waals surface area contributed by atoms with Crippen molar-refractivity contribution >= 4 is 11.8 Å². The van der Waals surface area contributed by atoms with Crippen molar-refractivity contribution in [3.8, 4) is 12.1 Å². The van der Waals surface area contributed by atoms with E-state index in [1.54, 1.807) is 0 Å². The molecule has 0 aromatic heterocycles. The molecule has 14 heteroatoms. The SMILES string of the molecule is CC(C#N)(/N=N/C(C)(C#N)C(=O)NC(CO)(CO)CO)C(=O)NC(CO)(CO)CO. The normalized spacial score (nSPS) is 16.1. The predicted octanol–water partition coefficient (Wildman–Crippen LogP) is -4.33. The molecule has 0 saturated heterocycles. The first-order chi connectivity index (χ1) is 13.9. The van der Waals surface area contributed by atoms with Crippen molar-refractivity contribution in [3.63, 3.8) is 0 Å². The van der Waals surface area contributed by atoms with Gasteiger partial charge in [-0.3, -0.25) is 9.59 Å². The molecule has 0 heterocycles. The molecule has 0 bridgehead atoms. The molecule has 0 aliphatic heterocycles. The smallest absolute Gasteiger partial charge is 0.264 e. The molecule has 2 unspecified atom stereocenters. The summed E-state index contributed by atoms with van der Waals surface area (Å²) in [5, 5.41) is 85.5. The van der Waals surface area contributed by atoms with Crippen LogP contribution in [0.3, 0.4) is 0 Å². The van der Waals surface area contributed by atoms with E-state index in [1.807, 2.05) is 0 Å². The van der Waals surface area contributed by atoms with Gasteiger partial charge in [0.05, 0.1) is 39.6 Å². The van der Waals surface area contributed by atoms with Crippen molar-refractivity contribution in [2.75, 3.05) is 39.6 Å². The van der Waals surface area contributed by atoms with Gasteiger partial charge in [-0.1, -0.05) is 0 Å². The van der Waals surface area contributed by atoms with Crippen LogP contribution in [-0.4, -0.2) is 104 Å². The first kappa shape index (κ1) is 27.3. The second-order valence-electron chi connectivity index (χ2n) is 6.99. The van der Waals surface area contributed by atoms with Crippen molar-refractivity contribution in [1.29, 1.82) is 10.5 Å². The highest BCUT2D eigenvalue weighted by atomic mass is 16.3. The Morgan fingerprint density at radius 2 is 0.933 bits per heavy atom. The first-order valence-corrected chi connectivity index (χ1v) is 8.52. The fourth-order valence-electron chi connectivity index (χ4n) is 1.70. The van der Waals surface area contributed by atoms with Crippen LogP contribution in [-0.2, 0) is 9.59 Å². The molecule has 0 saturated carbocycles. The Bertz CT molecular complexity index is 648. The lowest BCUT2D eigenvalue weighted by Gasteiger charge is -2.31. The third-order valence-corrected chi connectivity index (χ3v) is 4.34. The number of azo groups is 1. The molecule has 0 aliphatic carbocycles. The molecule has 0 fully saturated rings. The Morgan fingerprint density at radius 1 is 0.700 bits per heavy atom. The Hall–Kier alpha value is -2.72. The van der Waals surface area contributed by atoms with Crippen LogP contribution in [0.15, 0.2) is 10.2 Å². The largest absolute Gasteiger partial charge is 0.394 e. The number of carbonyl (C=O) groups excluding carboxylic acids is 2. The van der Waals surface area contributed by atoms with E-state index in [0.29, 0.717) is 0 Å². The van der Waals surface area contributed by atoms with Gasteiger partial charge >= 0.3 is 0 Å². The number of aliphatic hydroxyl groups excluding tert-OH is 6. The second-order valence-corrected chi connectivity index (χ2v) is 6.99. The minimum Gasteiger partial charge on any atom is -0.394 e. The number of hydrogen-bond acceptors (Lipinski definition) is 12. The Labute approximate surface area is 172 Å². The highest BCUT2D eigenvalue weighted by Crippen LogP contribution is 2.19. The topological polar surface area (TPSA) is 252 Å². The van der Waals surface area contributed by atoms with Crippen LogP contribution < -0.4 is 10.6 Å². The van der Waals surface area contributed by atoms with Gasteiger partial charge in [-0.25, -0.2) is 0 Å². The number of hydrogen-bond donors (Lipinski definition) is 8. The van der Waals surface area contributed by atoms with Crippen LogP contribution >= 0.6 is 0 Å². The van der Waals surface area contributed by atoms with E-state index >= 15 is 0 Å². The minimum atomic E-state index is -2.33. The first-order valence-electron chi connectivity index (χ1n) is 8.52. The molecule has 0 rings (SSSR count). The van der Waals surface area contributed by atoms with Crippen LogP contribution in [0.4, 0.5) is 0 Å². The Kier molecular flexibility index (Phi) is 9.90. The number of nitriles is 2. The van der Waals surface area contributed by atoms with Gasteiger partial charge < -0.3 is 41.3 Å². The van der Waals surface area contributed by atoms with Crippen LogP contribution in [0.1, 0.15) is 13.8 Å². The average Bonchev–Trinajstić information content (AvgIpc) is 2.78. The molecule has 0 aromatic rings. The molecule has 0 radical (unpaired) electrons. The van der Waals surface area contributed by atoms with Gasteiger partial charge in [-0.2, -0.15) is 20.8 Å². The number of rotatable bonds is 12. The van der Waals surface area contributed by atoms with Crippen molar-refractivity contribution in [1.82, 2.24) is 10.6 Å². The molecule has 0 aliphatic rings. The lowest BCUT2D eigenvalue weighted by atomic mass is 9.98. The van der Waals surface area contributed by atoms with Gasteiger partial charge in [-0.05, 0) is 13.8 Å². The van der Waals surface area contributed by atoms with Crippen molar-refractivity contribution < 1.29 is 40.2 Å². The van der Waals surface area contributed by atoms with Crippen LogP contribution in [0.2, 0.25) is 0 Å². The standard InChI is InChI=1S/C16H26N6O8/c1-13(3-17,11(29)19-15(5-23,6-24)7-25)21-22-14(2,4-18)12(30)20-16(8-26,9-27)10-28/h23-28H,5-10H2,1-2H3,(H,19,29)(H,20,30)/b22-21+. The summed E-state index contributed by atoms with van der Waals surface area (Å²) in [5.41, 5.74) is -8.37. The van der Waals surface area contributed by atoms with Crippen LogP contribution in [0.5, 0.6) is 0 Å². The van der Waals surface area contributed by atoms with E-state index in [-0.39, 0.29) is 0 Å². The zero-order valence-corrected chi connectivity index (χ0v) is 16.5. The van der Waals surface area contributed by atoms with Gasteiger partial charge in [0.15, 0.2) is 0 Å². The van der Waals surface area contributed by atoms with Gasteiger partial charge in [0.1, 0.15) is 23.2 Å². The summed E-state index contributed by atoms with van der Waals surface area (Å²) in [7, 11) is 0. The highest BCUT2D eigenvalue weighted by Gasteiger charge is 2.43. The number of carbonyl (C=O) groups is 2. The molecule has 0 aromatic carbocycles. The molecule has 168 valence electrons. The van der Waals surface area contributed by atoms with E-state index in [2.05, 4.69) is 20.9 Å². The summed E-state index contributed by atoms with van der Waals surface area (Å²) in [6, 6.07) is 3.02. The minimum absolute atomic E-state index is 0.867. The van der Waals surface area contributed by atoms with E-state index in [1.165, 1.54) is 12.1 Å². The number of nitrogens with zero attached hydrogens (tertiary/aromatic N) is 4. The van der Waals surface area contributed by atoms with Gasteiger partial charge in [0.2, 0.25) is 11.1 Å². The second kappa shape index (κ2) is 10.9. The maximum atomic E-state index is 12.4. The summed E-state index contributed by atoms with van der Waals surface area (Å²) in [5.74, 6) is -2.39. The van der Waals surface area contributed by atoms with E-state index in [4.69, 9.17) is 0 Å². The van der Waals surface area contributed by atoms with Crippen molar-refractivity contribution in [3.05, 3.63) is 0 Å². The third kappa shape index (κ3) is 5.90. The van der Waals surface area contributed by atoms with Crippen molar-refractivity contribution in [2.45, 2.75) is 36.0 Å². The summed E-state index contributed by atoms with van der Waals surface area (Å²) in [6.45, 7) is -3.26. The zero-order valence-electron chi connectivity index (χ0n) is 16.5. The lowest BCUT2D eigenvalue weighted by molar-refractivity contribution is -0.130. The molecule has 0 spiro atoms. The molecule has 2 amide bonds. The monoisotopic (exact) mass is 430 g/mol. The van der Waals surface area contributed by atoms with Gasteiger partial charge in [0.25, 0.3) is 11.8 Å². The fourth-order valence-corrected chi connectivity index (χ4v) is 1.70. The highest BCUT2D eigenvalue weighted by molar-refractivity contribution is 5.91. The molecule has 30 heavy (non-hydrogen) atoms. The quantitative estimate of drug-likeness (QED) is 0.138. The summed E-state index contributed by atoms with van der Waals surface area (Å²) >= 11 is 0. The third-order valence-electron chi connectivity index (χ3n) is 4.34. The van der Waals surface area contributed by atoms with Crippen LogP contribution in [0.25, 0.3) is 0 Å². The summed E-state index contributed by atoms with van der Waals surface area (Å²) in [6.07, 6.45) is 0. The Morgan fingerprint density at radius 3 is 1.10 bits per heavy atom. The molecular formula is C16H26N6O8. The molecule has 14 nitrogen and oxygen atoms in total. The number of amides is 2. The van der Waals surface area contributed by atoms with E-state index in [9.17, 15) is 50.8 Å². The zero-order chi connectivity index (χ0) is 23.6. The maximum absolute atomic E-state index is 12.4. The fraction of sp³-hybridized carbons (Fsp3) is 0.750. The Balaban J connectivity index is 5.84. The molecular weight excluding hydrogens is 404 g/mol. The van der Waals surface area contributed by atoms with E-state index < -0.39 is 73.6 Å². The van der Waals surface area contributed by atoms with E-state index in [0.717, 1.165) is 13.8 Å². The van der Waals surface area contributed by atoms with Gasteiger partial charge in [-0.15, -0.1) is 0 Å². The number of aliphatic hydroxyl groups is 6. The van der Waals surface area contributed by atoms with Crippen LogP contribution in [0, 0.1) is 22.7 Å². The van der Waals surface area contributed by atoms with Crippen molar-refractivity contribution in [2.24, 2.45) is 10.2 Å². The average molecular weight is 430 g/mol. The maximum Gasteiger partial charge on any atom is 0.264 e. The molecule has 8 N–H and O–H groups in total. The van der Waals surface area contributed by atoms with Gasteiger partial charge in [0, 0.05) is 0 Å². The number of nitrogens with one attached hydrogen (secondary N) is 2. The summed E-state index contributed by atoms with van der Waals surface area (Å²) < 4.78 is 0. The predicted molar refractivity (Wildman–Crippen MR) is 97.2 cm³/mol. The molecule has 2 atom stereocenters. The summed E-state index contributed by atoms with van der Waals surface area (Å²) in [4.78, 5) is 24.9. The lowest BCUT2D eigenvalue weighted by Crippen LogP contribution is -2.61.